The third-order valence-corrected chi connectivity index (χ3v) is 7.37. The summed E-state index contributed by atoms with van der Waals surface area (Å²) in [6, 6.07) is 2.45. The number of aromatic amines is 1. The van der Waals surface area contributed by atoms with Crippen LogP contribution < -0.4 is 27.0 Å². The van der Waals surface area contributed by atoms with Crippen LogP contribution in [0.15, 0.2) is 30.5 Å². The molecular formula is C31H46N6O8S. The molecule has 15 heteroatoms. The Morgan fingerprint density at radius 1 is 0.913 bits per heavy atom. The molecule has 0 aliphatic rings. The number of nitrogens with one attached hydrogen (secondary N) is 5. The van der Waals surface area contributed by atoms with E-state index >= 15 is 0 Å². The van der Waals surface area contributed by atoms with Gasteiger partial charge in [-0.15, -0.1) is 0 Å². The van der Waals surface area contributed by atoms with Crippen molar-refractivity contribution in [3.8, 4) is 0 Å². The zero-order valence-corrected chi connectivity index (χ0v) is 27.9. The second-order valence-electron chi connectivity index (χ2n) is 12.4. The zero-order chi connectivity index (χ0) is 34.6. The summed E-state index contributed by atoms with van der Waals surface area (Å²) in [7, 11) is 0. The first-order valence-electron chi connectivity index (χ1n) is 15.0. The largest absolute Gasteiger partial charge is 0.481 e. The lowest BCUT2D eigenvalue weighted by Crippen LogP contribution is -2.59. The summed E-state index contributed by atoms with van der Waals surface area (Å²) in [5, 5.41) is 20.4. The van der Waals surface area contributed by atoms with E-state index in [1.807, 2.05) is 38.1 Å². The maximum absolute atomic E-state index is 13.7. The van der Waals surface area contributed by atoms with Gasteiger partial charge < -0.3 is 41.8 Å². The maximum atomic E-state index is 13.7. The number of carboxylic acids is 1. The van der Waals surface area contributed by atoms with Crippen molar-refractivity contribution in [1.29, 1.82) is 0 Å². The molecule has 0 radical (unpaired) electrons. The van der Waals surface area contributed by atoms with Crippen molar-refractivity contribution in [2.75, 3.05) is 12.0 Å². The van der Waals surface area contributed by atoms with E-state index in [1.165, 1.54) is 11.8 Å². The Hall–Kier alpha value is -4.27. The minimum Gasteiger partial charge on any atom is -0.481 e. The Bertz CT molecular complexity index is 1390. The molecule has 1 heterocycles. The van der Waals surface area contributed by atoms with Gasteiger partial charge in [-0.3, -0.25) is 24.0 Å². The fourth-order valence-electron chi connectivity index (χ4n) is 4.60. The van der Waals surface area contributed by atoms with E-state index in [0.29, 0.717) is 5.75 Å². The lowest BCUT2D eigenvalue weighted by atomic mass is 10.0. The number of H-pyrrole nitrogens is 1. The summed E-state index contributed by atoms with van der Waals surface area (Å²) in [6.45, 7) is 8.69. The molecule has 46 heavy (non-hydrogen) atoms. The van der Waals surface area contributed by atoms with E-state index in [-0.39, 0.29) is 25.2 Å². The highest BCUT2D eigenvalue weighted by Gasteiger charge is 2.33. The molecule has 14 nitrogen and oxygen atoms in total. The molecule has 254 valence electrons. The number of nitrogens with two attached hydrogens (primary N) is 1. The molecule has 0 saturated heterocycles. The SMILES string of the molecule is CSCC[C@H](NC(=O)[C@H](Cc1c[nH]c2ccccc12)NC(=O)OC(C)(C)C)C(=O)N[C@@H](CC(=O)O)C(=O)N[C@H](CC(C)C)C(N)=O. The Morgan fingerprint density at radius 2 is 1.50 bits per heavy atom. The molecule has 1 aromatic heterocycles. The van der Waals surface area contributed by atoms with Gasteiger partial charge in [0.2, 0.25) is 23.6 Å². The zero-order valence-electron chi connectivity index (χ0n) is 27.1. The van der Waals surface area contributed by atoms with Crippen LogP contribution in [-0.2, 0) is 35.1 Å². The van der Waals surface area contributed by atoms with Gasteiger partial charge in [-0.25, -0.2) is 4.79 Å². The lowest BCUT2D eigenvalue weighted by molar-refractivity contribution is -0.141. The number of aromatic nitrogens is 1. The van der Waals surface area contributed by atoms with Crippen molar-refractivity contribution in [3.05, 3.63) is 36.0 Å². The molecule has 0 spiro atoms. The molecule has 2 rings (SSSR count). The number of primary amides is 1. The first kappa shape index (κ1) is 37.9. The van der Waals surface area contributed by atoms with Crippen molar-refractivity contribution in [3.63, 3.8) is 0 Å². The van der Waals surface area contributed by atoms with E-state index in [0.717, 1.165) is 16.5 Å². The third-order valence-electron chi connectivity index (χ3n) is 6.73. The Labute approximate surface area is 272 Å². The van der Waals surface area contributed by atoms with Gasteiger partial charge in [0.15, 0.2) is 0 Å². The van der Waals surface area contributed by atoms with Gasteiger partial charge in [-0.05, 0) is 63.2 Å². The Morgan fingerprint density at radius 3 is 2.09 bits per heavy atom. The van der Waals surface area contributed by atoms with Crippen LogP contribution in [0.5, 0.6) is 0 Å². The van der Waals surface area contributed by atoms with E-state index < -0.39 is 71.9 Å². The molecule has 0 unspecified atom stereocenters. The summed E-state index contributed by atoms with van der Waals surface area (Å²) in [6.07, 6.45) is 2.32. The number of benzene rings is 1. The van der Waals surface area contributed by atoms with Gasteiger partial charge in [-0.2, -0.15) is 11.8 Å². The first-order chi connectivity index (χ1) is 21.5. The highest BCUT2D eigenvalue weighted by Crippen LogP contribution is 2.20. The summed E-state index contributed by atoms with van der Waals surface area (Å²) in [5.41, 5.74) is 6.15. The number of carboxylic acid groups (broad SMARTS) is 1. The summed E-state index contributed by atoms with van der Waals surface area (Å²) >= 11 is 1.41. The normalized spacial score (nSPS) is 14.1. The van der Waals surface area contributed by atoms with E-state index in [9.17, 15) is 33.9 Å². The van der Waals surface area contributed by atoms with Crippen molar-refractivity contribution in [2.45, 2.75) is 90.1 Å². The first-order valence-corrected chi connectivity index (χ1v) is 16.4. The summed E-state index contributed by atoms with van der Waals surface area (Å²) < 4.78 is 5.38. The van der Waals surface area contributed by atoms with Crippen LogP contribution in [0, 0.1) is 5.92 Å². The number of hydrogen-bond donors (Lipinski definition) is 7. The van der Waals surface area contributed by atoms with Crippen molar-refractivity contribution in [1.82, 2.24) is 26.3 Å². The number of carbonyl (C=O) groups is 6. The van der Waals surface area contributed by atoms with Gasteiger partial charge in [0.25, 0.3) is 0 Å². The van der Waals surface area contributed by atoms with Gasteiger partial charge in [0.05, 0.1) is 6.42 Å². The molecule has 0 aliphatic heterocycles. The quantitative estimate of drug-likeness (QED) is 0.131. The smallest absolute Gasteiger partial charge is 0.408 e. The molecule has 0 bridgehead atoms. The van der Waals surface area contributed by atoms with Crippen LogP contribution in [0.4, 0.5) is 4.79 Å². The number of hydrogen-bond acceptors (Lipinski definition) is 8. The van der Waals surface area contributed by atoms with Crippen LogP contribution in [0.3, 0.4) is 0 Å². The number of carbonyl (C=O) groups excluding carboxylic acids is 5. The maximum Gasteiger partial charge on any atom is 0.408 e. The monoisotopic (exact) mass is 662 g/mol. The van der Waals surface area contributed by atoms with Gasteiger partial charge in [-0.1, -0.05) is 32.0 Å². The molecule has 0 aliphatic carbocycles. The number of para-hydroxylation sites is 1. The van der Waals surface area contributed by atoms with Crippen molar-refractivity contribution < 1.29 is 38.6 Å². The highest BCUT2D eigenvalue weighted by atomic mass is 32.2. The van der Waals surface area contributed by atoms with Crippen LogP contribution >= 0.6 is 11.8 Å². The van der Waals surface area contributed by atoms with Gasteiger partial charge in [0.1, 0.15) is 29.8 Å². The number of thioether (sulfide) groups is 1. The molecular weight excluding hydrogens is 616 g/mol. The fraction of sp³-hybridized carbons (Fsp3) is 0.548. The minimum atomic E-state index is -1.56. The minimum absolute atomic E-state index is 0.0112. The van der Waals surface area contributed by atoms with Gasteiger partial charge in [0, 0.05) is 23.5 Å². The fourth-order valence-corrected chi connectivity index (χ4v) is 5.07. The van der Waals surface area contributed by atoms with Crippen LogP contribution in [0.25, 0.3) is 10.9 Å². The predicted octanol–water partition coefficient (Wildman–Crippen LogP) is 1.82. The molecule has 2 aromatic rings. The highest BCUT2D eigenvalue weighted by molar-refractivity contribution is 7.98. The summed E-state index contributed by atoms with van der Waals surface area (Å²) in [4.78, 5) is 79.6. The Balaban J connectivity index is 2.31. The van der Waals surface area contributed by atoms with Crippen LogP contribution in [-0.4, -0.2) is 87.6 Å². The molecule has 0 fully saturated rings. The second-order valence-corrected chi connectivity index (χ2v) is 13.3. The molecule has 5 amide bonds. The Kier molecular flexibility index (Phi) is 14.4. The van der Waals surface area contributed by atoms with Gasteiger partial charge >= 0.3 is 12.1 Å². The van der Waals surface area contributed by atoms with Crippen molar-refractivity contribution >= 4 is 58.4 Å². The molecule has 0 saturated carbocycles. The van der Waals surface area contributed by atoms with E-state index in [1.54, 1.807) is 33.2 Å². The molecule has 1 aromatic carbocycles. The van der Waals surface area contributed by atoms with E-state index in [2.05, 4.69) is 26.3 Å². The topological polar surface area (TPSA) is 222 Å². The van der Waals surface area contributed by atoms with Crippen LogP contribution in [0.1, 0.15) is 59.4 Å². The van der Waals surface area contributed by atoms with Crippen LogP contribution in [0.2, 0.25) is 0 Å². The average molecular weight is 663 g/mol. The average Bonchev–Trinajstić information content (AvgIpc) is 3.35. The van der Waals surface area contributed by atoms with E-state index in [4.69, 9.17) is 10.5 Å². The number of fused-ring (bicyclic) bond motifs is 1. The lowest BCUT2D eigenvalue weighted by Gasteiger charge is -2.26. The third kappa shape index (κ3) is 12.6. The molecule has 4 atom stereocenters. The number of aliphatic carboxylic acids is 1. The molecule has 8 N–H and O–H groups in total. The summed E-state index contributed by atoms with van der Waals surface area (Å²) in [5.74, 6) is -4.16. The second kappa shape index (κ2) is 17.4. The number of ether oxygens (including phenoxy) is 1. The number of rotatable bonds is 17. The number of amides is 5. The standard InChI is InChI=1S/C31H46N6O8S/c1-17(2)13-22(26(32)40)35-29(43)24(15-25(38)39)36-27(41)21(11-12-46-6)34-28(42)23(37-30(44)45-31(3,4)5)14-18-16-33-20-10-8-7-9-19(18)20/h7-10,16-17,21-24,33H,11-15H2,1-6H3,(H2,32,40)(H,34,42)(H,35,43)(H,36,41)(H,37,44)(H,38,39)/t21-,22+,23-,24-/m0/s1. The number of alkyl carbamates (subject to hydrolysis) is 1. The van der Waals surface area contributed by atoms with Crippen molar-refractivity contribution in [2.24, 2.45) is 11.7 Å². The predicted molar refractivity (Wildman–Crippen MR) is 175 cm³/mol.